The van der Waals surface area contributed by atoms with Crippen molar-refractivity contribution in [3.05, 3.63) is 18.0 Å². The van der Waals surface area contributed by atoms with Crippen molar-refractivity contribution < 1.29 is 0 Å². The third-order valence-corrected chi connectivity index (χ3v) is 3.09. The number of nitrogens with one attached hydrogen (secondary N) is 1. The number of halogens is 1. The maximum atomic E-state index is 4.24. The van der Waals surface area contributed by atoms with E-state index >= 15 is 0 Å². The minimum Gasteiger partial charge on any atom is -0.313 e. The first kappa shape index (κ1) is 13.0. The monoisotopic (exact) mass is 321 g/mol. The van der Waals surface area contributed by atoms with Gasteiger partial charge < -0.3 is 5.32 Å². The highest BCUT2D eigenvalue weighted by atomic mass is 127. The minimum atomic E-state index is 0.949. The Morgan fingerprint density at radius 1 is 1.40 bits per heavy atom. The number of aromatic nitrogens is 2. The van der Waals surface area contributed by atoms with Gasteiger partial charge in [-0.15, -0.1) is 0 Å². The summed E-state index contributed by atoms with van der Waals surface area (Å²) in [5, 5.41) is 7.68. The smallest absolute Gasteiger partial charge is 0.0534 e. The number of unbranched alkanes of at least 4 members (excludes halogenated alkanes) is 2. The van der Waals surface area contributed by atoms with Crippen LogP contribution in [0.25, 0.3) is 0 Å². The quantitative estimate of drug-likeness (QED) is 0.453. The summed E-state index contributed by atoms with van der Waals surface area (Å²) in [5.41, 5.74) is 1.28. The molecule has 3 nitrogen and oxygen atoms in total. The second-order valence-corrected chi connectivity index (χ2v) is 4.71. The van der Waals surface area contributed by atoms with Gasteiger partial charge in [0, 0.05) is 24.8 Å². The Balaban J connectivity index is 2.04. The normalized spacial score (nSPS) is 10.8. The van der Waals surface area contributed by atoms with Gasteiger partial charge in [0.15, 0.2) is 0 Å². The summed E-state index contributed by atoms with van der Waals surface area (Å²) >= 11 is 2.43. The van der Waals surface area contributed by atoms with E-state index in [4.69, 9.17) is 0 Å². The molecule has 86 valence electrons. The second kappa shape index (κ2) is 8.10. The van der Waals surface area contributed by atoms with Crippen molar-refractivity contribution in [3.63, 3.8) is 0 Å². The Morgan fingerprint density at radius 3 is 2.93 bits per heavy atom. The summed E-state index contributed by atoms with van der Waals surface area (Å²) < 4.78 is 3.24. The van der Waals surface area contributed by atoms with Gasteiger partial charge in [0.2, 0.25) is 0 Å². The van der Waals surface area contributed by atoms with E-state index in [9.17, 15) is 0 Å². The molecule has 0 unspecified atom stereocenters. The van der Waals surface area contributed by atoms with E-state index in [0.717, 1.165) is 19.6 Å². The van der Waals surface area contributed by atoms with Gasteiger partial charge in [-0.2, -0.15) is 5.10 Å². The van der Waals surface area contributed by atoms with E-state index in [0.29, 0.717) is 0 Å². The van der Waals surface area contributed by atoms with Crippen LogP contribution in [0.3, 0.4) is 0 Å². The lowest BCUT2D eigenvalue weighted by Gasteiger charge is -2.01. The van der Waals surface area contributed by atoms with Crippen molar-refractivity contribution >= 4 is 22.6 Å². The molecule has 0 saturated heterocycles. The molecule has 0 atom stereocenters. The third-order valence-electron chi connectivity index (χ3n) is 2.33. The lowest BCUT2D eigenvalue weighted by Crippen LogP contribution is -2.14. The summed E-state index contributed by atoms with van der Waals surface area (Å²) in [6, 6.07) is 0. The Bertz CT molecular complexity index is 260. The molecular weight excluding hydrogens is 301 g/mol. The fraction of sp³-hybridized carbons (Fsp3) is 0.727. The Hall–Kier alpha value is -0.100. The van der Waals surface area contributed by atoms with Crippen molar-refractivity contribution in [2.24, 2.45) is 0 Å². The standard InChI is InChI=1S/C11H20IN3/c1-2-15-10-11(9-14-15)8-13-7-5-3-4-6-12/h9-10,13H,2-8H2,1H3. The summed E-state index contributed by atoms with van der Waals surface area (Å²) in [5.74, 6) is 0. The number of aryl methyl sites for hydroxylation is 1. The molecule has 0 aromatic carbocycles. The summed E-state index contributed by atoms with van der Waals surface area (Å²) in [4.78, 5) is 0. The molecule has 0 fully saturated rings. The highest BCUT2D eigenvalue weighted by Crippen LogP contribution is 1.99. The predicted octanol–water partition coefficient (Wildman–Crippen LogP) is 2.60. The first-order valence-electron chi connectivity index (χ1n) is 5.65. The van der Waals surface area contributed by atoms with E-state index in [-0.39, 0.29) is 0 Å². The van der Waals surface area contributed by atoms with Crippen molar-refractivity contribution in [1.82, 2.24) is 15.1 Å². The zero-order valence-corrected chi connectivity index (χ0v) is 11.5. The van der Waals surface area contributed by atoms with E-state index in [2.05, 4.69) is 46.1 Å². The molecule has 1 rings (SSSR count). The van der Waals surface area contributed by atoms with Gasteiger partial charge in [-0.3, -0.25) is 4.68 Å². The topological polar surface area (TPSA) is 29.9 Å². The molecule has 4 heteroatoms. The fourth-order valence-electron chi connectivity index (χ4n) is 1.42. The molecule has 1 N–H and O–H groups in total. The average Bonchev–Trinajstić information content (AvgIpc) is 2.71. The van der Waals surface area contributed by atoms with Gasteiger partial charge in [-0.25, -0.2) is 0 Å². The van der Waals surface area contributed by atoms with Gasteiger partial charge in [-0.05, 0) is 30.7 Å². The van der Waals surface area contributed by atoms with Crippen molar-refractivity contribution in [2.75, 3.05) is 11.0 Å². The fourth-order valence-corrected chi connectivity index (χ4v) is 1.96. The van der Waals surface area contributed by atoms with E-state index in [1.165, 1.54) is 29.3 Å². The number of rotatable bonds is 8. The third kappa shape index (κ3) is 5.51. The van der Waals surface area contributed by atoms with Crippen LogP contribution in [0.2, 0.25) is 0 Å². The molecule has 0 aliphatic carbocycles. The van der Waals surface area contributed by atoms with Crippen LogP contribution in [0.4, 0.5) is 0 Å². The molecule has 0 amide bonds. The average molecular weight is 321 g/mol. The molecule has 0 aliphatic rings. The van der Waals surface area contributed by atoms with Crippen LogP contribution in [-0.2, 0) is 13.1 Å². The van der Waals surface area contributed by atoms with Crippen LogP contribution in [0, 0.1) is 0 Å². The molecule has 0 saturated carbocycles. The molecule has 15 heavy (non-hydrogen) atoms. The van der Waals surface area contributed by atoms with Crippen molar-refractivity contribution in [2.45, 2.75) is 39.3 Å². The van der Waals surface area contributed by atoms with E-state index < -0.39 is 0 Å². The second-order valence-electron chi connectivity index (χ2n) is 3.63. The highest BCUT2D eigenvalue weighted by molar-refractivity contribution is 14.1. The van der Waals surface area contributed by atoms with Crippen molar-refractivity contribution in [1.29, 1.82) is 0 Å². The van der Waals surface area contributed by atoms with Gasteiger partial charge in [0.1, 0.15) is 0 Å². The van der Waals surface area contributed by atoms with Gasteiger partial charge in [0.25, 0.3) is 0 Å². The molecule has 1 aromatic heterocycles. The maximum Gasteiger partial charge on any atom is 0.0534 e. The van der Waals surface area contributed by atoms with Gasteiger partial charge in [-0.1, -0.05) is 29.0 Å². The first-order chi connectivity index (χ1) is 7.36. The Labute approximate surface area is 106 Å². The predicted molar refractivity (Wildman–Crippen MR) is 72.3 cm³/mol. The number of nitrogens with zero attached hydrogens (tertiary/aromatic N) is 2. The van der Waals surface area contributed by atoms with Gasteiger partial charge >= 0.3 is 0 Å². The zero-order valence-electron chi connectivity index (χ0n) is 9.38. The molecule has 0 aliphatic heterocycles. The van der Waals surface area contributed by atoms with Gasteiger partial charge in [0.05, 0.1) is 6.20 Å². The summed E-state index contributed by atoms with van der Waals surface area (Å²) in [7, 11) is 0. The van der Waals surface area contributed by atoms with E-state index in [1.807, 2.05) is 10.9 Å². The highest BCUT2D eigenvalue weighted by Gasteiger charge is 1.96. The SMILES string of the molecule is CCn1cc(CNCCCCCI)cn1. The van der Waals surface area contributed by atoms with Crippen LogP contribution < -0.4 is 5.32 Å². The van der Waals surface area contributed by atoms with E-state index in [1.54, 1.807) is 0 Å². The molecular formula is C11H20IN3. The maximum absolute atomic E-state index is 4.24. The van der Waals surface area contributed by atoms with Crippen LogP contribution in [0.1, 0.15) is 31.7 Å². The zero-order chi connectivity index (χ0) is 10.9. The van der Waals surface area contributed by atoms with Crippen LogP contribution in [0.5, 0.6) is 0 Å². The largest absolute Gasteiger partial charge is 0.313 e. The molecule has 0 spiro atoms. The molecule has 1 aromatic rings. The number of alkyl halides is 1. The molecule has 0 bridgehead atoms. The molecule has 0 radical (unpaired) electrons. The lowest BCUT2D eigenvalue weighted by molar-refractivity contribution is 0.618. The summed E-state index contributed by atoms with van der Waals surface area (Å²) in [6.45, 7) is 5.13. The first-order valence-corrected chi connectivity index (χ1v) is 7.17. The van der Waals surface area contributed by atoms with Crippen LogP contribution >= 0.6 is 22.6 Å². The Kier molecular flexibility index (Phi) is 7.00. The summed E-state index contributed by atoms with van der Waals surface area (Å²) in [6.07, 6.45) is 8.02. The van der Waals surface area contributed by atoms with Crippen LogP contribution in [0.15, 0.2) is 12.4 Å². The van der Waals surface area contributed by atoms with Crippen LogP contribution in [-0.4, -0.2) is 20.8 Å². The van der Waals surface area contributed by atoms with Crippen molar-refractivity contribution in [3.8, 4) is 0 Å². The number of hydrogen-bond acceptors (Lipinski definition) is 2. The number of hydrogen-bond donors (Lipinski definition) is 1. The lowest BCUT2D eigenvalue weighted by atomic mass is 10.2. The molecule has 1 heterocycles. The minimum absolute atomic E-state index is 0.949. The Morgan fingerprint density at radius 2 is 2.27 bits per heavy atom.